The summed E-state index contributed by atoms with van der Waals surface area (Å²) in [5.41, 5.74) is 22.0. The predicted octanol–water partition coefficient (Wildman–Crippen LogP) is 17.6. The van der Waals surface area contributed by atoms with E-state index >= 15 is 0 Å². The van der Waals surface area contributed by atoms with Crippen LogP contribution in [0.3, 0.4) is 0 Å². The van der Waals surface area contributed by atoms with E-state index in [9.17, 15) is 0 Å². The molecule has 0 amide bonds. The first-order valence-corrected chi connectivity index (χ1v) is 23.2. The molecule has 67 heavy (non-hydrogen) atoms. The van der Waals surface area contributed by atoms with E-state index in [0.717, 1.165) is 66.5 Å². The van der Waals surface area contributed by atoms with Crippen molar-refractivity contribution >= 4 is 49.8 Å². The second-order valence-electron chi connectivity index (χ2n) is 17.9. The topological polar surface area (TPSA) is 16.4 Å². The maximum Gasteiger partial charge on any atom is 0.143 e. The van der Waals surface area contributed by atoms with Crippen LogP contribution in [-0.4, -0.2) is 0 Å². The van der Waals surface area contributed by atoms with Crippen LogP contribution in [0, 0.1) is 0 Å². The highest BCUT2D eigenvalue weighted by Crippen LogP contribution is 2.65. The lowest BCUT2D eigenvalue weighted by Gasteiger charge is -2.32. The summed E-state index contributed by atoms with van der Waals surface area (Å²) in [6.45, 7) is 0. The normalized spacial score (nSPS) is 12.9. The largest absolute Gasteiger partial charge is 0.455 e. The molecule has 2 aliphatic carbocycles. The molecule has 2 aliphatic rings. The summed E-state index contributed by atoms with van der Waals surface area (Å²) in [4.78, 5) is 2.53. The molecule has 1 aromatic heterocycles. The van der Waals surface area contributed by atoms with E-state index in [4.69, 9.17) is 4.42 Å². The number of anilines is 3. The van der Waals surface area contributed by atoms with Crippen LogP contribution in [0.1, 0.15) is 22.3 Å². The number of furan rings is 1. The smallest absolute Gasteiger partial charge is 0.143 e. The second-order valence-corrected chi connectivity index (χ2v) is 17.9. The summed E-state index contributed by atoms with van der Waals surface area (Å²) >= 11 is 0. The SMILES string of the molecule is c1ccc(-c2ccc(-c3cccc4oc5c6ccccc6c(N(c6cccc(-c7ccccc7)c6)c6cccc7c6-c6ccccc6C76c7ccccc7-c7ccccc76)cc5c34)cc2)cc1. The van der Waals surface area contributed by atoms with Crippen LogP contribution < -0.4 is 4.90 Å². The molecule has 2 nitrogen and oxygen atoms in total. The Kier molecular flexibility index (Phi) is 8.23. The van der Waals surface area contributed by atoms with Gasteiger partial charge in [0.05, 0.1) is 16.8 Å². The Hall–Kier alpha value is -8.72. The molecule has 1 heterocycles. The van der Waals surface area contributed by atoms with Crippen molar-refractivity contribution in [1.29, 1.82) is 0 Å². The molecule has 0 fully saturated rings. The molecule has 2 heteroatoms. The van der Waals surface area contributed by atoms with Crippen LogP contribution in [-0.2, 0) is 5.41 Å². The lowest BCUT2D eigenvalue weighted by atomic mass is 9.70. The first-order valence-electron chi connectivity index (χ1n) is 23.2. The molecule has 0 bridgehead atoms. The van der Waals surface area contributed by atoms with Crippen LogP contribution in [0.15, 0.2) is 253 Å². The second kappa shape index (κ2) is 14.7. The maximum atomic E-state index is 6.98. The minimum atomic E-state index is -0.482. The molecule has 0 N–H and O–H groups in total. The Morgan fingerprint density at radius 1 is 0.313 bits per heavy atom. The zero-order chi connectivity index (χ0) is 44.1. The lowest BCUT2D eigenvalue weighted by molar-refractivity contribution is 0.673. The van der Waals surface area contributed by atoms with Gasteiger partial charge in [0.25, 0.3) is 0 Å². The Balaban J connectivity index is 1.07. The van der Waals surface area contributed by atoms with Gasteiger partial charge in [0.15, 0.2) is 0 Å². The quantitative estimate of drug-likeness (QED) is 0.166. The van der Waals surface area contributed by atoms with Crippen molar-refractivity contribution in [3.63, 3.8) is 0 Å². The van der Waals surface area contributed by atoms with Gasteiger partial charge < -0.3 is 9.32 Å². The average Bonchev–Trinajstić information content (AvgIpc) is 4.04. The van der Waals surface area contributed by atoms with Crippen LogP contribution in [0.2, 0.25) is 0 Å². The summed E-state index contributed by atoms with van der Waals surface area (Å²) in [5, 5.41) is 4.38. The molecule has 12 aromatic rings. The fraction of sp³-hybridized carbons (Fsp3) is 0.0154. The standard InChI is InChI=1S/C65H41NO/c1-3-18-42(19-4-1)44-36-38-45(39-37-44)48-29-16-35-61-62(48)54-41-60(51-26-7-8-27-52(51)64(54)67-61)66(47-23-15-22-46(40-47)43-20-5-2-6-21-43)59-34-17-33-58-63(59)53-28-11-14-32-57(53)65(58)55-30-12-9-24-49(55)50-25-10-13-31-56(50)65/h1-41H. The number of hydrogen-bond acceptors (Lipinski definition) is 2. The predicted molar refractivity (Wildman–Crippen MR) is 279 cm³/mol. The van der Waals surface area contributed by atoms with Gasteiger partial charge in [-0.15, -0.1) is 0 Å². The highest BCUT2D eigenvalue weighted by Gasteiger charge is 2.52. The first kappa shape index (κ1) is 37.6. The molecule has 0 saturated carbocycles. The highest BCUT2D eigenvalue weighted by molar-refractivity contribution is 6.23. The van der Waals surface area contributed by atoms with Crippen molar-refractivity contribution in [3.05, 3.63) is 271 Å². The molecule has 312 valence electrons. The Morgan fingerprint density at radius 3 is 1.54 bits per heavy atom. The molecule has 0 aliphatic heterocycles. The van der Waals surface area contributed by atoms with Crippen molar-refractivity contribution in [2.24, 2.45) is 0 Å². The van der Waals surface area contributed by atoms with E-state index in [1.165, 1.54) is 61.2 Å². The van der Waals surface area contributed by atoms with E-state index in [1.807, 2.05) is 0 Å². The highest BCUT2D eigenvalue weighted by atomic mass is 16.3. The van der Waals surface area contributed by atoms with Gasteiger partial charge in [-0.25, -0.2) is 0 Å². The van der Waals surface area contributed by atoms with Gasteiger partial charge in [-0.2, -0.15) is 0 Å². The fourth-order valence-corrected chi connectivity index (χ4v) is 11.7. The fourth-order valence-electron chi connectivity index (χ4n) is 11.7. The molecule has 0 atom stereocenters. The summed E-state index contributed by atoms with van der Waals surface area (Å²) in [6.07, 6.45) is 0. The van der Waals surface area contributed by atoms with E-state index in [2.05, 4.69) is 254 Å². The first-order chi connectivity index (χ1) is 33.3. The number of hydrogen-bond donors (Lipinski definition) is 0. The number of nitrogens with zero attached hydrogens (tertiary/aromatic N) is 1. The monoisotopic (exact) mass is 851 g/mol. The summed E-state index contributed by atoms with van der Waals surface area (Å²) in [5.74, 6) is 0. The van der Waals surface area contributed by atoms with Gasteiger partial charge in [0.2, 0.25) is 0 Å². The molecule has 1 spiro atoms. The minimum Gasteiger partial charge on any atom is -0.455 e. The van der Waals surface area contributed by atoms with Gasteiger partial charge in [0, 0.05) is 32.8 Å². The molecule has 0 unspecified atom stereocenters. The van der Waals surface area contributed by atoms with E-state index in [-0.39, 0.29) is 0 Å². The molecule has 11 aromatic carbocycles. The van der Waals surface area contributed by atoms with Crippen molar-refractivity contribution < 1.29 is 4.42 Å². The Morgan fingerprint density at radius 2 is 0.821 bits per heavy atom. The lowest BCUT2D eigenvalue weighted by Crippen LogP contribution is -2.26. The van der Waals surface area contributed by atoms with Gasteiger partial charge >= 0.3 is 0 Å². The molecule has 14 rings (SSSR count). The van der Waals surface area contributed by atoms with E-state index in [0.29, 0.717) is 0 Å². The van der Waals surface area contributed by atoms with Crippen LogP contribution in [0.4, 0.5) is 17.1 Å². The van der Waals surface area contributed by atoms with Crippen molar-refractivity contribution in [1.82, 2.24) is 0 Å². The average molecular weight is 852 g/mol. The third-order valence-electron chi connectivity index (χ3n) is 14.5. The van der Waals surface area contributed by atoms with E-state index < -0.39 is 5.41 Å². The molecular weight excluding hydrogens is 811 g/mol. The zero-order valence-electron chi connectivity index (χ0n) is 36.5. The van der Waals surface area contributed by atoms with Crippen molar-refractivity contribution in [3.8, 4) is 55.6 Å². The van der Waals surface area contributed by atoms with Crippen LogP contribution >= 0.6 is 0 Å². The number of fused-ring (bicyclic) bond motifs is 15. The third kappa shape index (κ3) is 5.45. The summed E-state index contributed by atoms with van der Waals surface area (Å²) < 4.78 is 6.98. The maximum absolute atomic E-state index is 6.98. The minimum absolute atomic E-state index is 0.482. The van der Waals surface area contributed by atoms with Gasteiger partial charge in [0.1, 0.15) is 11.2 Å². The van der Waals surface area contributed by atoms with Crippen LogP contribution in [0.25, 0.3) is 88.3 Å². The Bertz CT molecular complexity index is 3870. The summed E-state index contributed by atoms with van der Waals surface area (Å²) in [7, 11) is 0. The number of rotatable bonds is 6. The van der Waals surface area contributed by atoms with Gasteiger partial charge in [-0.1, -0.05) is 218 Å². The molecular formula is C65H41NO. The zero-order valence-corrected chi connectivity index (χ0v) is 36.5. The molecule has 0 saturated heterocycles. The van der Waals surface area contributed by atoms with Gasteiger partial charge in [-0.3, -0.25) is 0 Å². The van der Waals surface area contributed by atoms with E-state index in [1.54, 1.807) is 0 Å². The number of benzene rings is 11. The van der Waals surface area contributed by atoms with Gasteiger partial charge in [-0.05, 0) is 103 Å². The molecule has 0 radical (unpaired) electrons. The Labute approximate surface area is 389 Å². The van der Waals surface area contributed by atoms with Crippen molar-refractivity contribution in [2.45, 2.75) is 5.41 Å². The van der Waals surface area contributed by atoms with Crippen molar-refractivity contribution in [2.75, 3.05) is 4.90 Å². The van der Waals surface area contributed by atoms with Crippen LogP contribution in [0.5, 0.6) is 0 Å². The third-order valence-corrected chi connectivity index (χ3v) is 14.5. The summed E-state index contributed by atoms with van der Waals surface area (Å²) in [6, 6.07) is 91.2.